The average Bonchev–Trinajstić information content (AvgIpc) is 2.51. The first kappa shape index (κ1) is 9.66. The molecule has 1 atom stereocenters. The minimum Gasteiger partial charge on any atom is -0.387 e. The predicted octanol–water partition coefficient (Wildman–Crippen LogP) is 0.425. The highest BCUT2D eigenvalue weighted by Gasteiger charge is 2.14. The number of carbonyl (C=O) groups is 1. The van der Waals surface area contributed by atoms with Crippen molar-refractivity contribution in [3.63, 3.8) is 0 Å². The van der Waals surface area contributed by atoms with Gasteiger partial charge in [-0.2, -0.15) is 0 Å². The van der Waals surface area contributed by atoms with Gasteiger partial charge in [-0.25, -0.2) is 0 Å². The van der Waals surface area contributed by atoms with Gasteiger partial charge in [-0.15, -0.1) is 11.7 Å². The summed E-state index contributed by atoms with van der Waals surface area (Å²) in [6, 6.07) is -0.103. The molecule has 1 aromatic heterocycles. The normalized spacial score (nSPS) is 12.1. The molecule has 0 fully saturated rings. The number of nitrogens with zero attached hydrogens (tertiary/aromatic N) is 2. The Morgan fingerprint density at radius 2 is 2.54 bits per heavy atom. The first-order chi connectivity index (χ1) is 6.15. The van der Waals surface area contributed by atoms with E-state index in [9.17, 15) is 4.79 Å². The molecule has 5 nitrogen and oxygen atoms in total. The minimum atomic E-state index is -0.321. The molecule has 0 aliphatic heterocycles. The van der Waals surface area contributed by atoms with E-state index in [2.05, 4.69) is 21.5 Å². The molecule has 0 saturated heterocycles. The van der Waals surface area contributed by atoms with Crippen LogP contribution < -0.4 is 11.1 Å². The molecule has 1 amide bonds. The summed E-state index contributed by atoms with van der Waals surface area (Å²) in [5.41, 5.74) is 5.64. The van der Waals surface area contributed by atoms with Crippen molar-refractivity contribution in [1.82, 2.24) is 14.9 Å². The first-order valence-corrected chi connectivity index (χ1v) is 4.43. The summed E-state index contributed by atoms with van der Waals surface area (Å²) in [5.74, 6) is -0.321. The van der Waals surface area contributed by atoms with E-state index < -0.39 is 0 Å². The Morgan fingerprint density at radius 1 is 1.85 bits per heavy atom. The van der Waals surface area contributed by atoms with Gasteiger partial charge in [0.1, 0.15) is 5.00 Å². The van der Waals surface area contributed by atoms with E-state index in [0.29, 0.717) is 5.00 Å². The zero-order valence-corrected chi connectivity index (χ0v) is 7.97. The number of carbonyl (C=O) groups excluding carboxylic acids is 1. The van der Waals surface area contributed by atoms with E-state index in [0.717, 1.165) is 11.5 Å². The monoisotopic (exact) mass is 198 g/mol. The number of nitrogens with one attached hydrogen (secondary N) is 1. The number of hydrogen-bond donors (Lipinski definition) is 2. The predicted molar refractivity (Wildman–Crippen MR) is 51.4 cm³/mol. The third-order valence-electron chi connectivity index (χ3n) is 1.44. The van der Waals surface area contributed by atoms with Gasteiger partial charge < -0.3 is 11.1 Å². The van der Waals surface area contributed by atoms with Crippen molar-refractivity contribution >= 4 is 22.4 Å². The lowest BCUT2D eigenvalue weighted by Crippen LogP contribution is -2.31. The van der Waals surface area contributed by atoms with Crippen LogP contribution in [0.4, 0.5) is 5.00 Å². The van der Waals surface area contributed by atoms with Crippen molar-refractivity contribution in [1.29, 1.82) is 0 Å². The Morgan fingerprint density at radius 3 is 3.00 bits per heavy atom. The molecule has 1 heterocycles. The largest absolute Gasteiger partial charge is 0.387 e. The van der Waals surface area contributed by atoms with Crippen LogP contribution in [0.3, 0.4) is 0 Å². The fourth-order valence-electron chi connectivity index (χ4n) is 0.689. The Kier molecular flexibility index (Phi) is 2.97. The second-order valence-electron chi connectivity index (χ2n) is 2.48. The first-order valence-electron chi connectivity index (χ1n) is 3.66. The number of nitrogen functional groups attached to an aromatic ring is 1. The molecule has 6 heteroatoms. The summed E-state index contributed by atoms with van der Waals surface area (Å²) >= 11 is 0.997. The third-order valence-corrected chi connectivity index (χ3v) is 1.99. The van der Waals surface area contributed by atoms with Crippen molar-refractivity contribution in [2.75, 3.05) is 5.73 Å². The number of rotatable bonds is 3. The molecule has 0 bridgehead atoms. The van der Waals surface area contributed by atoms with Crippen LogP contribution >= 0.6 is 11.5 Å². The van der Waals surface area contributed by atoms with Crippen LogP contribution in [0.2, 0.25) is 0 Å². The molecule has 1 unspecified atom stereocenters. The molecule has 0 aliphatic carbocycles. The highest BCUT2D eigenvalue weighted by Crippen LogP contribution is 2.11. The Hall–Kier alpha value is -1.43. The standard InChI is InChI=1S/C7H10N4OS/c1-3-4(2)9-7(12)5-6(8)13-11-10-5/h3-4H,1,8H2,2H3,(H,9,12). The van der Waals surface area contributed by atoms with Crippen LogP contribution in [-0.2, 0) is 0 Å². The zero-order chi connectivity index (χ0) is 9.84. The molecular formula is C7H10N4OS. The summed E-state index contributed by atoms with van der Waals surface area (Å²) in [6.07, 6.45) is 1.62. The van der Waals surface area contributed by atoms with Crippen molar-refractivity contribution in [3.8, 4) is 0 Å². The molecular weight excluding hydrogens is 188 g/mol. The van der Waals surface area contributed by atoms with Crippen molar-refractivity contribution in [2.24, 2.45) is 0 Å². The fraction of sp³-hybridized carbons (Fsp3) is 0.286. The lowest BCUT2D eigenvalue weighted by Gasteiger charge is -2.06. The van der Waals surface area contributed by atoms with Gasteiger partial charge in [-0.05, 0) is 6.92 Å². The lowest BCUT2D eigenvalue weighted by molar-refractivity contribution is 0.0943. The van der Waals surface area contributed by atoms with Gasteiger partial charge in [0.15, 0.2) is 5.69 Å². The number of hydrogen-bond acceptors (Lipinski definition) is 5. The third kappa shape index (κ3) is 2.25. The van der Waals surface area contributed by atoms with E-state index >= 15 is 0 Å². The van der Waals surface area contributed by atoms with Crippen LogP contribution in [0.1, 0.15) is 17.4 Å². The molecule has 0 radical (unpaired) electrons. The molecule has 0 spiro atoms. The highest BCUT2D eigenvalue weighted by atomic mass is 32.1. The summed E-state index contributed by atoms with van der Waals surface area (Å²) < 4.78 is 3.56. The van der Waals surface area contributed by atoms with E-state index in [4.69, 9.17) is 5.73 Å². The second kappa shape index (κ2) is 3.99. The smallest absolute Gasteiger partial charge is 0.275 e. The maximum Gasteiger partial charge on any atom is 0.275 e. The van der Waals surface area contributed by atoms with Crippen molar-refractivity contribution < 1.29 is 4.79 Å². The summed E-state index contributed by atoms with van der Waals surface area (Å²) in [7, 11) is 0. The van der Waals surface area contributed by atoms with Crippen LogP contribution in [0.5, 0.6) is 0 Å². The van der Waals surface area contributed by atoms with E-state index in [1.807, 2.05) is 0 Å². The van der Waals surface area contributed by atoms with Crippen LogP contribution in [0.25, 0.3) is 0 Å². The number of nitrogens with two attached hydrogens (primary N) is 1. The topological polar surface area (TPSA) is 80.9 Å². The quantitative estimate of drug-likeness (QED) is 0.690. The lowest BCUT2D eigenvalue weighted by atomic mass is 10.3. The van der Waals surface area contributed by atoms with Crippen molar-refractivity contribution in [3.05, 3.63) is 18.3 Å². The number of aromatic nitrogens is 2. The molecule has 13 heavy (non-hydrogen) atoms. The van der Waals surface area contributed by atoms with E-state index in [1.165, 1.54) is 0 Å². The van der Waals surface area contributed by atoms with Gasteiger partial charge in [-0.1, -0.05) is 10.6 Å². The SMILES string of the molecule is C=CC(C)NC(=O)c1nnsc1N. The van der Waals surface area contributed by atoms with Crippen LogP contribution in [0.15, 0.2) is 12.7 Å². The Bertz CT molecular complexity index is 322. The van der Waals surface area contributed by atoms with Gasteiger partial charge in [-0.3, -0.25) is 4.79 Å². The maximum atomic E-state index is 11.4. The Labute approximate surface area is 79.8 Å². The van der Waals surface area contributed by atoms with E-state index in [1.54, 1.807) is 13.0 Å². The molecule has 1 aromatic rings. The molecule has 0 aromatic carbocycles. The number of amides is 1. The highest BCUT2D eigenvalue weighted by molar-refractivity contribution is 7.10. The summed E-state index contributed by atoms with van der Waals surface area (Å²) in [5, 5.41) is 6.57. The maximum absolute atomic E-state index is 11.4. The molecule has 0 aliphatic rings. The van der Waals surface area contributed by atoms with E-state index in [-0.39, 0.29) is 17.6 Å². The summed E-state index contributed by atoms with van der Waals surface area (Å²) in [6.45, 7) is 5.34. The van der Waals surface area contributed by atoms with Gasteiger partial charge in [0.05, 0.1) is 0 Å². The molecule has 1 rings (SSSR count). The van der Waals surface area contributed by atoms with Gasteiger partial charge >= 0.3 is 0 Å². The fourth-order valence-corrected chi connectivity index (χ4v) is 1.12. The molecule has 3 N–H and O–H groups in total. The minimum absolute atomic E-state index is 0.103. The summed E-state index contributed by atoms with van der Waals surface area (Å²) in [4.78, 5) is 11.4. The van der Waals surface area contributed by atoms with Gasteiger partial charge in [0, 0.05) is 17.6 Å². The second-order valence-corrected chi connectivity index (χ2v) is 3.27. The molecule has 0 saturated carbocycles. The number of anilines is 1. The van der Waals surface area contributed by atoms with Crippen LogP contribution in [0, 0.1) is 0 Å². The van der Waals surface area contributed by atoms with Crippen molar-refractivity contribution in [2.45, 2.75) is 13.0 Å². The van der Waals surface area contributed by atoms with Gasteiger partial charge in [0.25, 0.3) is 5.91 Å². The van der Waals surface area contributed by atoms with Gasteiger partial charge in [0.2, 0.25) is 0 Å². The zero-order valence-electron chi connectivity index (χ0n) is 7.15. The van der Waals surface area contributed by atoms with Crippen LogP contribution in [-0.4, -0.2) is 21.5 Å². The Balaban J connectivity index is 2.69. The molecule has 70 valence electrons. The average molecular weight is 198 g/mol.